The van der Waals surface area contributed by atoms with Gasteiger partial charge in [0.05, 0.1) is 5.33 Å². The van der Waals surface area contributed by atoms with Crippen molar-refractivity contribution in [1.82, 2.24) is 0 Å². The van der Waals surface area contributed by atoms with Crippen LogP contribution in [-0.2, 0) is 11.2 Å². The molecule has 0 radical (unpaired) electrons. The Labute approximate surface area is 110 Å². The number of hydrogen-bond acceptors (Lipinski definition) is 2. The second kappa shape index (κ2) is 5.91. The lowest BCUT2D eigenvalue weighted by Crippen LogP contribution is -2.04. The van der Waals surface area contributed by atoms with E-state index < -0.39 is 5.51 Å². The van der Waals surface area contributed by atoms with Crippen molar-refractivity contribution in [3.8, 4) is 0 Å². The molecule has 0 bridgehead atoms. The lowest BCUT2D eigenvalue weighted by Gasteiger charge is -2.08. The summed E-state index contributed by atoms with van der Waals surface area (Å²) in [6.07, 6.45) is 0.151. The molecule has 0 amide bonds. The average Bonchev–Trinajstić information content (AvgIpc) is 2.13. The summed E-state index contributed by atoms with van der Waals surface area (Å²) >= 11 is 2.86. The molecular weight excluding hydrogens is 317 g/mol. The number of hydrogen-bond donors (Lipinski definition) is 0. The Kier molecular flexibility index (Phi) is 5.06. The van der Waals surface area contributed by atoms with Crippen molar-refractivity contribution < 1.29 is 18.0 Å². The molecule has 0 spiro atoms. The molecule has 0 saturated heterocycles. The zero-order chi connectivity index (χ0) is 13.1. The number of rotatable bonds is 4. The second-order valence-corrected chi connectivity index (χ2v) is 5.25. The van der Waals surface area contributed by atoms with Gasteiger partial charge in [0.15, 0.2) is 0 Å². The fraction of sp³-hybridized carbons (Fsp3) is 0.364. The number of alkyl halides is 4. The molecule has 0 fully saturated rings. The van der Waals surface area contributed by atoms with E-state index in [4.69, 9.17) is 0 Å². The van der Waals surface area contributed by atoms with Gasteiger partial charge >= 0.3 is 5.51 Å². The fourth-order valence-electron chi connectivity index (χ4n) is 1.39. The van der Waals surface area contributed by atoms with E-state index in [2.05, 4.69) is 15.9 Å². The molecular formula is C11H10BrF3OS. The number of aryl methyl sites for hydroxylation is 1. The highest BCUT2D eigenvalue weighted by atomic mass is 79.9. The molecule has 0 heterocycles. The molecule has 94 valence electrons. The highest BCUT2D eigenvalue weighted by Gasteiger charge is 2.29. The summed E-state index contributed by atoms with van der Waals surface area (Å²) in [5.74, 6) is -0.0569. The lowest BCUT2D eigenvalue weighted by molar-refractivity contribution is -0.115. The van der Waals surface area contributed by atoms with Crippen molar-refractivity contribution in [1.29, 1.82) is 0 Å². The molecule has 1 rings (SSSR count). The van der Waals surface area contributed by atoms with Crippen LogP contribution < -0.4 is 0 Å². The van der Waals surface area contributed by atoms with E-state index in [-0.39, 0.29) is 34.2 Å². The van der Waals surface area contributed by atoms with Crippen molar-refractivity contribution in [2.24, 2.45) is 0 Å². The number of ketones is 1. The van der Waals surface area contributed by atoms with Crippen LogP contribution in [0, 0.1) is 6.92 Å². The largest absolute Gasteiger partial charge is 0.446 e. The Bertz CT molecular complexity index is 418. The molecule has 1 aromatic rings. The molecule has 0 unspecified atom stereocenters. The molecule has 0 aliphatic rings. The van der Waals surface area contributed by atoms with Crippen molar-refractivity contribution in [2.45, 2.75) is 23.7 Å². The maximum absolute atomic E-state index is 12.2. The third-order valence-corrected chi connectivity index (χ3v) is 3.22. The maximum atomic E-state index is 12.2. The predicted octanol–water partition coefficient (Wildman–Crippen LogP) is 4.11. The standard InChI is InChI=1S/C11H10BrF3OS/c1-7-2-8(4-9(16)6-12)5-10(3-7)17-11(13,14)15/h2-3,5H,4,6H2,1H3. The third kappa shape index (κ3) is 5.59. The Morgan fingerprint density at radius 2 is 2.00 bits per heavy atom. The van der Waals surface area contributed by atoms with Gasteiger partial charge in [-0.3, -0.25) is 4.79 Å². The SMILES string of the molecule is Cc1cc(CC(=O)CBr)cc(SC(F)(F)F)c1. The first-order valence-corrected chi connectivity index (χ1v) is 6.68. The molecule has 0 saturated carbocycles. The minimum atomic E-state index is -4.30. The highest BCUT2D eigenvalue weighted by Crippen LogP contribution is 2.37. The Morgan fingerprint density at radius 1 is 1.35 bits per heavy atom. The Balaban J connectivity index is 2.90. The van der Waals surface area contributed by atoms with Crippen LogP contribution in [0.2, 0.25) is 0 Å². The van der Waals surface area contributed by atoms with Gasteiger partial charge in [0.25, 0.3) is 0 Å². The minimum absolute atomic E-state index is 0.0569. The monoisotopic (exact) mass is 326 g/mol. The quantitative estimate of drug-likeness (QED) is 0.611. The van der Waals surface area contributed by atoms with E-state index in [1.807, 2.05) is 0 Å². The fourth-order valence-corrected chi connectivity index (χ4v) is 2.31. The minimum Gasteiger partial charge on any atom is -0.298 e. The number of thioether (sulfide) groups is 1. The molecule has 0 aromatic heterocycles. The first-order valence-electron chi connectivity index (χ1n) is 4.74. The third-order valence-electron chi connectivity index (χ3n) is 1.89. The van der Waals surface area contributed by atoms with Crippen molar-refractivity contribution >= 4 is 33.5 Å². The van der Waals surface area contributed by atoms with Crippen LogP contribution in [0.25, 0.3) is 0 Å². The molecule has 0 N–H and O–H groups in total. The van der Waals surface area contributed by atoms with Gasteiger partial charge in [-0.2, -0.15) is 13.2 Å². The Morgan fingerprint density at radius 3 is 2.53 bits per heavy atom. The van der Waals surface area contributed by atoms with E-state index in [1.165, 1.54) is 12.1 Å². The number of halogens is 4. The van der Waals surface area contributed by atoms with Crippen LogP contribution >= 0.6 is 27.7 Å². The highest BCUT2D eigenvalue weighted by molar-refractivity contribution is 9.09. The summed E-state index contributed by atoms with van der Waals surface area (Å²) in [4.78, 5) is 11.3. The van der Waals surface area contributed by atoms with Gasteiger partial charge in [0, 0.05) is 11.3 Å². The summed E-state index contributed by atoms with van der Waals surface area (Å²) in [6.45, 7) is 1.71. The smallest absolute Gasteiger partial charge is 0.298 e. The van der Waals surface area contributed by atoms with Crippen LogP contribution in [0.15, 0.2) is 23.1 Å². The number of carbonyl (C=O) groups excluding carboxylic acids is 1. The van der Waals surface area contributed by atoms with E-state index >= 15 is 0 Å². The van der Waals surface area contributed by atoms with E-state index in [0.717, 1.165) is 5.56 Å². The topological polar surface area (TPSA) is 17.1 Å². The van der Waals surface area contributed by atoms with Gasteiger partial charge in [-0.25, -0.2) is 0 Å². The van der Waals surface area contributed by atoms with Gasteiger partial charge in [-0.15, -0.1) is 0 Å². The molecule has 6 heteroatoms. The number of carbonyl (C=O) groups is 1. The molecule has 0 atom stereocenters. The van der Waals surface area contributed by atoms with Crippen LogP contribution in [0.1, 0.15) is 11.1 Å². The summed E-state index contributed by atoms with van der Waals surface area (Å²) in [6, 6.07) is 4.59. The molecule has 17 heavy (non-hydrogen) atoms. The van der Waals surface area contributed by atoms with E-state index in [9.17, 15) is 18.0 Å². The van der Waals surface area contributed by atoms with Crippen molar-refractivity contribution in [3.05, 3.63) is 29.3 Å². The van der Waals surface area contributed by atoms with Crippen molar-refractivity contribution in [2.75, 3.05) is 5.33 Å². The summed E-state index contributed by atoms with van der Waals surface area (Å²) in [7, 11) is 0. The van der Waals surface area contributed by atoms with E-state index in [1.54, 1.807) is 13.0 Å². The zero-order valence-corrected chi connectivity index (χ0v) is 11.4. The normalized spacial score (nSPS) is 11.6. The molecule has 0 aliphatic heterocycles. The van der Waals surface area contributed by atoms with Crippen LogP contribution in [-0.4, -0.2) is 16.6 Å². The molecule has 1 nitrogen and oxygen atoms in total. The van der Waals surface area contributed by atoms with Crippen LogP contribution in [0.3, 0.4) is 0 Å². The molecule has 1 aromatic carbocycles. The Hall–Kier alpha value is -0.490. The van der Waals surface area contributed by atoms with Gasteiger partial charge in [0.2, 0.25) is 0 Å². The van der Waals surface area contributed by atoms with Gasteiger partial charge in [-0.05, 0) is 41.9 Å². The lowest BCUT2D eigenvalue weighted by atomic mass is 10.1. The number of benzene rings is 1. The first-order chi connectivity index (χ1) is 7.80. The average molecular weight is 327 g/mol. The summed E-state index contributed by atoms with van der Waals surface area (Å²) < 4.78 is 36.7. The van der Waals surface area contributed by atoms with Crippen LogP contribution in [0.5, 0.6) is 0 Å². The van der Waals surface area contributed by atoms with Gasteiger partial charge < -0.3 is 0 Å². The predicted molar refractivity (Wildman–Crippen MR) is 65.6 cm³/mol. The van der Waals surface area contributed by atoms with Gasteiger partial charge in [0.1, 0.15) is 5.78 Å². The zero-order valence-electron chi connectivity index (χ0n) is 8.97. The van der Waals surface area contributed by atoms with E-state index in [0.29, 0.717) is 5.56 Å². The van der Waals surface area contributed by atoms with Gasteiger partial charge in [-0.1, -0.05) is 22.0 Å². The second-order valence-electron chi connectivity index (χ2n) is 3.55. The van der Waals surface area contributed by atoms with Crippen LogP contribution in [0.4, 0.5) is 13.2 Å². The summed E-state index contributed by atoms with van der Waals surface area (Å²) in [5.41, 5.74) is -2.97. The van der Waals surface area contributed by atoms with Crippen molar-refractivity contribution in [3.63, 3.8) is 0 Å². The number of Topliss-reactive ketones (excluding diaryl/α,β-unsaturated/α-hetero) is 1. The summed E-state index contributed by atoms with van der Waals surface area (Å²) in [5, 5.41) is 0.211. The molecule has 0 aliphatic carbocycles. The maximum Gasteiger partial charge on any atom is 0.446 e. The first kappa shape index (κ1) is 14.6.